The Morgan fingerprint density at radius 1 is 1.17 bits per heavy atom. The van der Waals surface area contributed by atoms with E-state index in [1.54, 1.807) is 19.1 Å². The Bertz CT molecular complexity index is 636. The molecule has 6 heteroatoms. The summed E-state index contributed by atoms with van der Waals surface area (Å²) in [4.78, 5) is 23.9. The third-order valence-electron chi connectivity index (χ3n) is 5.60. The molecular weight excluding hydrogens is 313 g/mol. The molecule has 0 saturated heterocycles. The van der Waals surface area contributed by atoms with Gasteiger partial charge in [-0.3, -0.25) is 9.59 Å². The fraction of sp³-hybridized carbons (Fsp3) is 0.556. The number of hydrogen-bond donors (Lipinski definition) is 2. The lowest BCUT2D eigenvalue weighted by Crippen LogP contribution is -2.60. The molecule has 24 heavy (non-hydrogen) atoms. The Labute approximate surface area is 140 Å². The van der Waals surface area contributed by atoms with Crippen molar-refractivity contribution in [3.8, 4) is 5.75 Å². The summed E-state index contributed by atoms with van der Waals surface area (Å²) < 4.78 is 19.1. The zero-order chi connectivity index (χ0) is 17.4. The molecule has 0 aliphatic heterocycles. The number of aliphatic carboxylic acids is 1. The van der Waals surface area contributed by atoms with E-state index in [4.69, 9.17) is 4.74 Å². The van der Waals surface area contributed by atoms with Crippen molar-refractivity contribution >= 4 is 11.9 Å². The van der Waals surface area contributed by atoms with Gasteiger partial charge in [-0.2, -0.15) is 0 Å². The topological polar surface area (TPSA) is 75.6 Å². The van der Waals surface area contributed by atoms with Crippen LogP contribution in [0.2, 0.25) is 0 Å². The summed E-state index contributed by atoms with van der Waals surface area (Å²) in [5.41, 5.74) is -0.955. The molecular formula is C18H22FNO4. The molecule has 1 aromatic rings. The zero-order valence-electron chi connectivity index (χ0n) is 13.7. The van der Waals surface area contributed by atoms with Crippen molar-refractivity contribution in [3.63, 3.8) is 0 Å². The van der Waals surface area contributed by atoms with Crippen LogP contribution in [0.4, 0.5) is 4.39 Å². The fourth-order valence-electron chi connectivity index (χ4n) is 3.84. The number of para-hydroxylation sites is 1. The van der Waals surface area contributed by atoms with Crippen LogP contribution in [0.15, 0.2) is 24.3 Å². The number of fused-ring (bicyclic) bond motifs is 3. The van der Waals surface area contributed by atoms with E-state index in [2.05, 4.69) is 5.32 Å². The maximum atomic E-state index is 13.6. The van der Waals surface area contributed by atoms with E-state index in [9.17, 15) is 19.1 Å². The van der Waals surface area contributed by atoms with Crippen LogP contribution in [0, 0.1) is 11.2 Å². The number of benzene rings is 1. The number of carbonyl (C=O) groups is 2. The molecule has 2 N–H and O–H groups in total. The standard InChI is InChI=1S/C18H22FNO4/c1-12(24-14-5-3-2-4-13(14)19)15(21)20-18-9-6-17(7-10-18,8-11-18)16(22)23/h2-5,12H,6-11H2,1H3,(H,20,21)(H,22,23). The van der Waals surface area contributed by atoms with E-state index in [-0.39, 0.29) is 17.2 Å². The number of ether oxygens (including phenoxy) is 1. The molecule has 3 saturated carbocycles. The maximum Gasteiger partial charge on any atom is 0.309 e. The molecule has 3 fully saturated rings. The molecule has 2 bridgehead atoms. The Morgan fingerprint density at radius 3 is 2.29 bits per heavy atom. The number of halogens is 1. The van der Waals surface area contributed by atoms with E-state index in [0.29, 0.717) is 38.5 Å². The molecule has 1 amide bonds. The average molecular weight is 335 g/mol. The van der Waals surface area contributed by atoms with E-state index in [1.807, 2.05) is 0 Å². The monoisotopic (exact) mass is 335 g/mol. The molecule has 0 radical (unpaired) electrons. The van der Waals surface area contributed by atoms with Gasteiger partial charge in [0.15, 0.2) is 17.7 Å². The Kier molecular flexibility index (Phi) is 4.24. The number of amides is 1. The Morgan fingerprint density at radius 2 is 1.75 bits per heavy atom. The highest BCUT2D eigenvalue weighted by molar-refractivity contribution is 5.82. The summed E-state index contributed by atoms with van der Waals surface area (Å²) in [6.45, 7) is 1.59. The molecule has 1 unspecified atom stereocenters. The molecule has 1 atom stereocenters. The predicted molar refractivity (Wildman–Crippen MR) is 85.1 cm³/mol. The molecule has 3 aliphatic carbocycles. The minimum atomic E-state index is -0.815. The second kappa shape index (κ2) is 6.07. The smallest absolute Gasteiger partial charge is 0.309 e. The van der Waals surface area contributed by atoms with Gasteiger partial charge in [0, 0.05) is 5.54 Å². The van der Waals surface area contributed by atoms with Crippen molar-refractivity contribution in [2.24, 2.45) is 5.41 Å². The molecule has 0 heterocycles. The Balaban J connectivity index is 1.61. The van der Waals surface area contributed by atoms with Crippen LogP contribution in [0.25, 0.3) is 0 Å². The first-order valence-electron chi connectivity index (χ1n) is 8.33. The molecule has 3 aliphatic rings. The highest BCUT2D eigenvalue weighted by Gasteiger charge is 2.53. The van der Waals surface area contributed by atoms with E-state index < -0.39 is 23.3 Å². The first-order valence-corrected chi connectivity index (χ1v) is 8.33. The summed E-state index contributed by atoms with van der Waals surface area (Å²) in [6, 6.07) is 5.98. The lowest BCUT2D eigenvalue weighted by Gasteiger charge is -2.51. The van der Waals surface area contributed by atoms with E-state index >= 15 is 0 Å². The second-order valence-corrected chi connectivity index (χ2v) is 7.05. The summed E-state index contributed by atoms with van der Waals surface area (Å²) in [7, 11) is 0. The minimum absolute atomic E-state index is 0.0508. The molecule has 1 aromatic carbocycles. The van der Waals surface area contributed by atoms with Gasteiger partial charge in [-0.15, -0.1) is 0 Å². The van der Waals surface area contributed by atoms with Gasteiger partial charge in [0.05, 0.1) is 5.41 Å². The highest BCUT2D eigenvalue weighted by atomic mass is 19.1. The normalized spacial score (nSPS) is 29.8. The van der Waals surface area contributed by atoms with Crippen LogP contribution in [0.5, 0.6) is 5.75 Å². The van der Waals surface area contributed by atoms with Gasteiger partial charge in [0.25, 0.3) is 5.91 Å². The van der Waals surface area contributed by atoms with Crippen molar-refractivity contribution in [1.82, 2.24) is 5.32 Å². The number of hydrogen-bond acceptors (Lipinski definition) is 3. The van der Waals surface area contributed by atoms with E-state index in [1.165, 1.54) is 12.1 Å². The van der Waals surface area contributed by atoms with Crippen LogP contribution in [-0.2, 0) is 9.59 Å². The largest absolute Gasteiger partial charge is 0.481 e. The lowest BCUT2D eigenvalue weighted by atomic mass is 9.57. The van der Waals surface area contributed by atoms with E-state index in [0.717, 1.165) is 0 Å². The van der Waals surface area contributed by atoms with Crippen LogP contribution in [-0.4, -0.2) is 28.6 Å². The molecule has 130 valence electrons. The van der Waals surface area contributed by atoms with Crippen molar-refractivity contribution < 1.29 is 23.8 Å². The van der Waals surface area contributed by atoms with Gasteiger partial charge in [-0.25, -0.2) is 4.39 Å². The second-order valence-electron chi connectivity index (χ2n) is 7.05. The predicted octanol–water partition coefficient (Wildman–Crippen LogP) is 2.89. The SMILES string of the molecule is CC(Oc1ccccc1F)C(=O)NC12CCC(C(=O)O)(CC1)CC2. The first kappa shape index (κ1) is 16.7. The number of carboxylic acids is 1. The molecule has 0 spiro atoms. The van der Waals surface area contributed by atoms with Gasteiger partial charge < -0.3 is 15.2 Å². The van der Waals surface area contributed by atoms with Gasteiger partial charge in [0.2, 0.25) is 0 Å². The van der Waals surface area contributed by atoms with Gasteiger partial charge in [-0.1, -0.05) is 12.1 Å². The third kappa shape index (κ3) is 2.97. The van der Waals surface area contributed by atoms with Gasteiger partial charge in [0.1, 0.15) is 0 Å². The summed E-state index contributed by atoms with van der Waals surface area (Å²) in [5, 5.41) is 12.5. The van der Waals surface area contributed by atoms with Crippen molar-refractivity contribution in [3.05, 3.63) is 30.1 Å². The molecule has 0 aromatic heterocycles. The molecule has 5 nitrogen and oxygen atoms in total. The van der Waals surface area contributed by atoms with Crippen LogP contribution >= 0.6 is 0 Å². The van der Waals surface area contributed by atoms with Crippen molar-refractivity contribution in [2.75, 3.05) is 0 Å². The fourth-order valence-corrected chi connectivity index (χ4v) is 3.84. The summed E-state index contributed by atoms with van der Waals surface area (Å²) >= 11 is 0. The van der Waals surface area contributed by atoms with Crippen LogP contribution in [0.1, 0.15) is 45.4 Å². The van der Waals surface area contributed by atoms with Crippen LogP contribution in [0.3, 0.4) is 0 Å². The Hall–Kier alpha value is -2.11. The average Bonchev–Trinajstić information content (AvgIpc) is 2.58. The van der Waals surface area contributed by atoms with Crippen molar-refractivity contribution in [1.29, 1.82) is 0 Å². The number of rotatable bonds is 5. The third-order valence-corrected chi connectivity index (χ3v) is 5.60. The first-order chi connectivity index (χ1) is 11.4. The van der Waals surface area contributed by atoms with Crippen molar-refractivity contribution in [2.45, 2.75) is 57.1 Å². The van der Waals surface area contributed by atoms with Gasteiger partial charge in [-0.05, 0) is 57.6 Å². The quantitative estimate of drug-likeness (QED) is 0.867. The van der Waals surface area contributed by atoms with Crippen LogP contribution < -0.4 is 10.1 Å². The maximum absolute atomic E-state index is 13.6. The summed E-state index contributed by atoms with van der Waals surface area (Å²) in [5.74, 6) is -1.46. The highest BCUT2D eigenvalue weighted by Crippen LogP contribution is 2.52. The molecule has 4 rings (SSSR count). The van der Waals surface area contributed by atoms with Gasteiger partial charge >= 0.3 is 5.97 Å². The zero-order valence-corrected chi connectivity index (χ0v) is 13.7. The lowest BCUT2D eigenvalue weighted by molar-refractivity contribution is -0.157. The number of carbonyl (C=O) groups excluding carboxylic acids is 1. The number of carboxylic acid groups (broad SMARTS) is 1. The number of nitrogens with one attached hydrogen (secondary N) is 1. The summed E-state index contributed by atoms with van der Waals surface area (Å²) in [6.07, 6.45) is 2.94. The minimum Gasteiger partial charge on any atom is -0.481 e.